The highest BCUT2D eigenvalue weighted by Gasteiger charge is 2.25. The summed E-state index contributed by atoms with van der Waals surface area (Å²) in [5.74, 6) is 0. The summed E-state index contributed by atoms with van der Waals surface area (Å²) in [6, 6.07) is 51.1. The van der Waals surface area contributed by atoms with Crippen molar-refractivity contribution in [3.63, 3.8) is 0 Å². The molecule has 222 valence electrons. The van der Waals surface area contributed by atoms with Crippen molar-refractivity contribution in [3.05, 3.63) is 140 Å². The third kappa shape index (κ3) is 3.13. The molecular formula is C44H24N2OS. The minimum atomic E-state index is 0.813. The average Bonchev–Trinajstić information content (AvgIpc) is 3.86. The molecule has 0 amide bonds. The van der Waals surface area contributed by atoms with Gasteiger partial charge in [-0.3, -0.25) is 4.57 Å². The van der Waals surface area contributed by atoms with Crippen LogP contribution < -0.4 is 0 Å². The van der Waals surface area contributed by atoms with E-state index in [0.29, 0.717) is 0 Å². The Kier molecular flexibility index (Phi) is 4.60. The molecule has 0 fully saturated rings. The van der Waals surface area contributed by atoms with Gasteiger partial charge in [-0.25, -0.2) is 0 Å². The van der Waals surface area contributed by atoms with E-state index in [4.69, 9.17) is 4.42 Å². The molecule has 0 saturated heterocycles. The van der Waals surface area contributed by atoms with Gasteiger partial charge in [0, 0.05) is 42.1 Å². The monoisotopic (exact) mass is 628 g/mol. The molecule has 0 atom stereocenters. The molecule has 48 heavy (non-hydrogen) atoms. The second-order valence-electron chi connectivity index (χ2n) is 13.0. The molecule has 8 aromatic carbocycles. The van der Waals surface area contributed by atoms with Crippen LogP contribution in [-0.2, 0) is 0 Å². The molecule has 4 aromatic heterocycles. The van der Waals surface area contributed by atoms with E-state index in [-0.39, 0.29) is 0 Å². The minimum Gasteiger partial charge on any atom is -0.423 e. The molecule has 0 aliphatic heterocycles. The van der Waals surface area contributed by atoms with E-state index >= 15 is 0 Å². The van der Waals surface area contributed by atoms with E-state index in [1.54, 1.807) is 0 Å². The van der Waals surface area contributed by atoms with Gasteiger partial charge in [-0.15, -0.1) is 11.3 Å². The lowest BCUT2D eigenvalue weighted by Crippen LogP contribution is -1.93. The summed E-state index contributed by atoms with van der Waals surface area (Å²) >= 11 is 1.86. The Hall–Kier alpha value is -6.10. The maximum absolute atomic E-state index is 6.94. The van der Waals surface area contributed by atoms with Crippen molar-refractivity contribution < 1.29 is 4.42 Å². The van der Waals surface area contributed by atoms with Crippen molar-refractivity contribution in [2.75, 3.05) is 0 Å². The van der Waals surface area contributed by atoms with Crippen LogP contribution in [0.3, 0.4) is 0 Å². The van der Waals surface area contributed by atoms with E-state index in [2.05, 4.69) is 149 Å². The van der Waals surface area contributed by atoms with Gasteiger partial charge < -0.3 is 9.40 Å². The first-order chi connectivity index (χ1) is 23.8. The SMILES string of the molecule is c1ccc2cc3c(cc2c1)sc1ccc(-n2c4ccc5ccccc5c4c4c5c([nH]c6ccc7c8ccccc8ccc7c65)oc42)cc13. The Balaban J connectivity index is 1.24. The Bertz CT molecular complexity index is 3350. The maximum atomic E-state index is 6.94. The maximum Gasteiger partial charge on any atom is 0.215 e. The number of benzene rings is 8. The fraction of sp³-hybridized carbons (Fsp3) is 0. The minimum absolute atomic E-state index is 0.813. The fourth-order valence-electron chi connectivity index (χ4n) is 8.38. The molecule has 0 unspecified atom stereocenters. The molecule has 0 aliphatic carbocycles. The number of hydrogen-bond acceptors (Lipinski definition) is 2. The number of aromatic nitrogens is 2. The first kappa shape index (κ1) is 25.0. The average molecular weight is 629 g/mol. The largest absolute Gasteiger partial charge is 0.423 e. The summed E-state index contributed by atoms with van der Waals surface area (Å²) in [4.78, 5) is 3.67. The standard InChI is InChI=1S/C44H24N2OS/c1-2-10-27-22-38-33(21-26(27)9-1)34-23-28(15-20-37(34)48-38)46-36-19-14-25-8-4-6-12-30(25)40(36)42-41-39-32-16-13-24-7-3-5-11-29(24)31(32)17-18-35(39)45-43(41)47-44(42)46/h1-23,45H. The first-order valence-electron chi connectivity index (χ1n) is 16.3. The molecule has 0 bridgehead atoms. The number of furan rings is 1. The summed E-state index contributed by atoms with van der Waals surface area (Å²) in [7, 11) is 0. The van der Waals surface area contributed by atoms with Gasteiger partial charge >= 0.3 is 0 Å². The number of thiophene rings is 1. The summed E-state index contributed by atoms with van der Waals surface area (Å²) in [5, 5.41) is 17.3. The Morgan fingerprint density at radius 1 is 0.458 bits per heavy atom. The topological polar surface area (TPSA) is 33.9 Å². The molecule has 0 saturated carbocycles. The highest BCUT2D eigenvalue weighted by Crippen LogP contribution is 2.47. The van der Waals surface area contributed by atoms with Gasteiger partial charge in [0.05, 0.1) is 16.3 Å². The predicted molar refractivity (Wildman–Crippen MR) is 205 cm³/mol. The molecular weight excluding hydrogens is 605 g/mol. The van der Waals surface area contributed by atoms with Crippen LogP contribution >= 0.6 is 11.3 Å². The van der Waals surface area contributed by atoms with Crippen molar-refractivity contribution in [2.24, 2.45) is 0 Å². The number of hydrogen-bond donors (Lipinski definition) is 1. The summed E-state index contributed by atoms with van der Waals surface area (Å²) < 4.78 is 11.9. The van der Waals surface area contributed by atoms with Crippen LogP contribution in [0.2, 0.25) is 0 Å². The number of H-pyrrole nitrogens is 1. The van der Waals surface area contributed by atoms with Crippen LogP contribution in [0, 0.1) is 0 Å². The van der Waals surface area contributed by atoms with Crippen molar-refractivity contribution in [1.29, 1.82) is 0 Å². The summed E-state index contributed by atoms with van der Waals surface area (Å²) in [6.07, 6.45) is 0. The van der Waals surface area contributed by atoms with Gasteiger partial charge in [-0.05, 0) is 85.6 Å². The number of aromatic amines is 1. The molecule has 3 nitrogen and oxygen atoms in total. The van der Waals surface area contributed by atoms with Crippen LogP contribution in [0.4, 0.5) is 0 Å². The van der Waals surface area contributed by atoms with Crippen LogP contribution in [-0.4, -0.2) is 9.55 Å². The molecule has 0 spiro atoms. The van der Waals surface area contributed by atoms with E-state index in [1.807, 2.05) is 11.3 Å². The molecule has 12 rings (SSSR count). The lowest BCUT2D eigenvalue weighted by atomic mass is 9.97. The van der Waals surface area contributed by atoms with Gasteiger partial charge in [0.1, 0.15) is 0 Å². The quantitative estimate of drug-likeness (QED) is 0.180. The van der Waals surface area contributed by atoms with Gasteiger partial charge in [0.2, 0.25) is 11.4 Å². The van der Waals surface area contributed by atoms with Crippen molar-refractivity contribution in [2.45, 2.75) is 0 Å². The zero-order valence-electron chi connectivity index (χ0n) is 25.5. The van der Waals surface area contributed by atoms with Crippen molar-refractivity contribution in [3.8, 4) is 5.69 Å². The zero-order chi connectivity index (χ0) is 31.1. The van der Waals surface area contributed by atoms with Crippen molar-refractivity contribution in [1.82, 2.24) is 9.55 Å². The van der Waals surface area contributed by atoms with Gasteiger partial charge in [-0.1, -0.05) is 97.1 Å². The molecule has 1 N–H and O–H groups in total. The second kappa shape index (κ2) is 8.82. The summed E-state index contributed by atoms with van der Waals surface area (Å²) in [6.45, 7) is 0. The van der Waals surface area contributed by atoms with Crippen molar-refractivity contribution >= 4 is 119 Å². The third-order valence-electron chi connectivity index (χ3n) is 10.5. The normalized spacial score (nSPS) is 12.6. The highest BCUT2D eigenvalue weighted by molar-refractivity contribution is 7.25. The smallest absolute Gasteiger partial charge is 0.215 e. The zero-order valence-corrected chi connectivity index (χ0v) is 26.4. The number of rotatable bonds is 1. The van der Waals surface area contributed by atoms with E-state index in [9.17, 15) is 0 Å². The number of nitrogens with one attached hydrogen (secondary N) is 1. The molecule has 4 heterocycles. The number of nitrogens with zero attached hydrogens (tertiary/aromatic N) is 1. The highest BCUT2D eigenvalue weighted by atomic mass is 32.1. The number of fused-ring (bicyclic) bond motifs is 17. The van der Waals surface area contributed by atoms with Crippen LogP contribution in [0.15, 0.2) is 144 Å². The lowest BCUT2D eigenvalue weighted by molar-refractivity contribution is 0.635. The van der Waals surface area contributed by atoms with Crippen LogP contribution in [0.25, 0.3) is 113 Å². The predicted octanol–water partition coefficient (Wildman–Crippen LogP) is 13.0. The first-order valence-corrected chi connectivity index (χ1v) is 17.2. The van der Waals surface area contributed by atoms with Crippen LogP contribution in [0.5, 0.6) is 0 Å². The fourth-order valence-corrected chi connectivity index (χ4v) is 9.50. The molecule has 0 aliphatic rings. The second-order valence-corrected chi connectivity index (χ2v) is 14.1. The van der Waals surface area contributed by atoms with Crippen LogP contribution in [0.1, 0.15) is 0 Å². The van der Waals surface area contributed by atoms with E-state index in [1.165, 1.54) is 74.0 Å². The van der Waals surface area contributed by atoms with E-state index < -0.39 is 0 Å². The van der Waals surface area contributed by atoms with E-state index in [0.717, 1.165) is 38.9 Å². The Morgan fingerprint density at radius 3 is 2.04 bits per heavy atom. The van der Waals surface area contributed by atoms with Gasteiger partial charge in [0.15, 0.2) is 0 Å². The third-order valence-corrected chi connectivity index (χ3v) is 11.6. The Labute approximate surface area is 276 Å². The molecule has 0 radical (unpaired) electrons. The molecule has 4 heteroatoms. The summed E-state index contributed by atoms with van der Waals surface area (Å²) in [5.41, 5.74) is 5.02. The Morgan fingerprint density at radius 2 is 1.17 bits per heavy atom. The van der Waals surface area contributed by atoms with Gasteiger partial charge in [-0.2, -0.15) is 0 Å². The van der Waals surface area contributed by atoms with Gasteiger partial charge in [0.25, 0.3) is 0 Å². The molecule has 12 aromatic rings. The lowest BCUT2D eigenvalue weighted by Gasteiger charge is -2.08.